The van der Waals surface area contributed by atoms with E-state index in [2.05, 4.69) is 40.8 Å². The number of thioether (sulfide) groups is 2. The summed E-state index contributed by atoms with van der Waals surface area (Å²) < 4.78 is 11.9. The van der Waals surface area contributed by atoms with Crippen molar-refractivity contribution >= 4 is 45.8 Å². The summed E-state index contributed by atoms with van der Waals surface area (Å²) in [4.78, 5) is 17.1. The van der Waals surface area contributed by atoms with Crippen molar-refractivity contribution in [2.24, 2.45) is 10.1 Å². The lowest BCUT2D eigenvalue weighted by Gasteiger charge is -2.05. The number of nitrogen functional groups attached to an aromatic ring is 1. The molecule has 1 aliphatic heterocycles. The lowest BCUT2D eigenvalue weighted by atomic mass is 10.2. The SMILES string of the molecule is COc1cc(/C=N/NC(=O)c2nnn(-c3nonc3N)c2CSC2=NCCS2)ccc1O. The molecule has 3 heterocycles. The number of carbonyl (C=O) groups excluding carboxylic acids is 1. The van der Waals surface area contributed by atoms with Gasteiger partial charge in [0.2, 0.25) is 11.6 Å². The summed E-state index contributed by atoms with van der Waals surface area (Å²) in [6.45, 7) is 0.759. The molecule has 0 bridgehead atoms. The fourth-order valence-corrected chi connectivity index (χ4v) is 4.64. The molecule has 32 heavy (non-hydrogen) atoms. The van der Waals surface area contributed by atoms with Crippen LogP contribution < -0.4 is 15.9 Å². The molecule has 166 valence electrons. The van der Waals surface area contributed by atoms with Gasteiger partial charge in [0.05, 0.1) is 25.6 Å². The summed E-state index contributed by atoms with van der Waals surface area (Å²) in [5.74, 6) is 1.11. The van der Waals surface area contributed by atoms with Crippen molar-refractivity contribution in [3.63, 3.8) is 0 Å². The van der Waals surface area contributed by atoms with Gasteiger partial charge in [-0.2, -0.15) is 9.78 Å². The van der Waals surface area contributed by atoms with E-state index in [9.17, 15) is 9.90 Å². The number of carbonyl (C=O) groups is 1. The highest BCUT2D eigenvalue weighted by atomic mass is 32.2. The Morgan fingerprint density at radius 2 is 2.38 bits per heavy atom. The first-order valence-electron chi connectivity index (χ1n) is 9.10. The summed E-state index contributed by atoms with van der Waals surface area (Å²) in [7, 11) is 1.44. The topological polar surface area (TPSA) is 179 Å². The molecule has 0 radical (unpaired) electrons. The summed E-state index contributed by atoms with van der Waals surface area (Å²) >= 11 is 3.09. The average molecular weight is 476 g/mol. The van der Waals surface area contributed by atoms with Crippen molar-refractivity contribution in [3.8, 4) is 17.3 Å². The molecule has 0 fully saturated rings. The number of nitrogens with one attached hydrogen (secondary N) is 1. The van der Waals surface area contributed by atoms with E-state index in [0.717, 1.165) is 16.7 Å². The first kappa shape index (κ1) is 21.6. The fraction of sp³-hybridized carbons (Fsp3) is 0.235. The predicted molar refractivity (Wildman–Crippen MR) is 119 cm³/mol. The molecule has 0 atom stereocenters. The van der Waals surface area contributed by atoms with E-state index >= 15 is 0 Å². The number of benzene rings is 1. The normalized spacial score (nSPS) is 13.5. The number of aliphatic imine (C=N–C) groups is 1. The van der Waals surface area contributed by atoms with Gasteiger partial charge in [-0.1, -0.05) is 28.7 Å². The van der Waals surface area contributed by atoms with E-state index in [4.69, 9.17) is 10.5 Å². The molecule has 1 amide bonds. The Labute approximate surface area is 189 Å². The van der Waals surface area contributed by atoms with Gasteiger partial charge in [0, 0.05) is 11.5 Å². The van der Waals surface area contributed by atoms with E-state index in [1.165, 1.54) is 35.8 Å². The van der Waals surface area contributed by atoms with Gasteiger partial charge < -0.3 is 15.6 Å². The number of phenols is 1. The number of methoxy groups -OCH3 is 1. The van der Waals surface area contributed by atoms with Crippen molar-refractivity contribution in [2.75, 3.05) is 25.1 Å². The average Bonchev–Trinajstić information content (AvgIpc) is 3.54. The number of ether oxygens (including phenoxy) is 1. The smallest absolute Gasteiger partial charge is 0.293 e. The molecule has 0 unspecified atom stereocenters. The number of anilines is 1. The van der Waals surface area contributed by atoms with Gasteiger partial charge in [-0.15, -0.1) is 5.10 Å². The molecule has 0 spiro atoms. The highest BCUT2D eigenvalue weighted by Crippen LogP contribution is 2.28. The molecular formula is C17H17N9O4S2. The molecule has 4 N–H and O–H groups in total. The van der Waals surface area contributed by atoms with Gasteiger partial charge in [-0.05, 0) is 34.1 Å². The number of hydrogen-bond donors (Lipinski definition) is 3. The number of rotatable bonds is 7. The predicted octanol–water partition coefficient (Wildman–Crippen LogP) is 1.05. The zero-order valence-corrected chi connectivity index (χ0v) is 18.3. The molecule has 0 saturated heterocycles. The first-order valence-corrected chi connectivity index (χ1v) is 11.1. The Morgan fingerprint density at radius 3 is 3.09 bits per heavy atom. The Hall–Kier alpha value is -3.59. The van der Waals surface area contributed by atoms with E-state index < -0.39 is 5.91 Å². The van der Waals surface area contributed by atoms with Crippen LogP contribution in [-0.4, -0.2) is 66.3 Å². The number of nitrogens with two attached hydrogens (primary N) is 1. The summed E-state index contributed by atoms with van der Waals surface area (Å²) in [6, 6.07) is 4.65. The molecule has 1 aromatic carbocycles. The number of hydrogen-bond acceptors (Lipinski definition) is 13. The second-order valence-corrected chi connectivity index (χ2v) is 8.49. The number of amides is 1. The quantitative estimate of drug-likeness (QED) is 0.328. The van der Waals surface area contributed by atoms with Crippen LogP contribution in [0, 0.1) is 0 Å². The molecule has 1 aliphatic rings. The highest BCUT2D eigenvalue weighted by Gasteiger charge is 2.24. The second kappa shape index (κ2) is 9.69. The molecule has 15 heteroatoms. The van der Waals surface area contributed by atoms with Crippen LogP contribution in [-0.2, 0) is 5.75 Å². The minimum Gasteiger partial charge on any atom is -0.504 e. The van der Waals surface area contributed by atoms with Gasteiger partial charge in [-0.25, -0.2) is 10.1 Å². The number of aromatic hydroxyl groups is 1. The first-order chi connectivity index (χ1) is 15.6. The number of phenolic OH excluding ortho intramolecular Hbond substituents is 1. The van der Waals surface area contributed by atoms with Gasteiger partial charge in [0.1, 0.15) is 4.38 Å². The van der Waals surface area contributed by atoms with Gasteiger partial charge in [-0.3, -0.25) is 9.79 Å². The second-order valence-electron chi connectivity index (χ2n) is 6.18. The maximum Gasteiger partial charge on any atom is 0.293 e. The van der Waals surface area contributed by atoms with Crippen molar-refractivity contribution in [2.45, 2.75) is 5.75 Å². The third-order valence-corrected chi connectivity index (χ3v) is 6.41. The standard InChI is InChI=1S/C17H17N9O4S2/c1-29-12-6-9(2-3-11(12)27)7-20-22-16(28)13-10(8-32-17-19-4-5-31-17)26(25-21-13)15-14(18)23-30-24-15/h2-3,6-7,27H,4-5,8H2,1H3,(H2,18,23)(H,22,28)/b20-7+. The lowest BCUT2D eigenvalue weighted by molar-refractivity contribution is 0.0949. The Balaban J connectivity index is 1.54. The van der Waals surface area contributed by atoms with Gasteiger partial charge >= 0.3 is 0 Å². The molecule has 2 aromatic heterocycles. The lowest BCUT2D eigenvalue weighted by Crippen LogP contribution is -2.20. The molecule has 0 aliphatic carbocycles. The van der Waals surface area contributed by atoms with Crippen LogP contribution in [0.4, 0.5) is 5.82 Å². The van der Waals surface area contributed by atoms with Crippen LogP contribution in [0.1, 0.15) is 21.7 Å². The third kappa shape index (κ3) is 4.67. The van der Waals surface area contributed by atoms with E-state index in [-0.39, 0.29) is 28.8 Å². The molecule has 0 saturated carbocycles. The summed E-state index contributed by atoms with van der Waals surface area (Å²) in [6.07, 6.45) is 1.40. The number of nitrogens with zero attached hydrogens (tertiary/aromatic N) is 7. The van der Waals surface area contributed by atoms with Gasteiger partial charge in [0.15, 0.2) is 17.2 Å². The van der Waals surface area contributed by atoms with Crippen molar-refractivity contribution in [3.05, 3.63) is 35.2 Å². The van der Waals surface area contributed by atoms with Crippen LogP contribution in [0.5, 0.6) is 11.5 Å². The summed E-state index contributed by atoms with van der Waals surface area (Å²) in [5, 5.41) is 28.9. The van der Waals surface area contributed by atoms with Crippen LogP contribution in [0.2, 0.25) is 0 Å². The van der Waals surface area contributed by atoms with E-state index in [1.807, 2.05) is 0 Å². The number of hydrazone groups is 1. The van der Waals surface area contributed by atoms with Crippen molar-refractivity contribution < 1.29 is 19.3 Å². The van der Waals surface area contributed by atoms with Crippen molar-refractivity contribution in [1.29, 1.82) is 0 Å². The zero-order valence-electron chi connectivity index (χ0n) is 16.6. The van der Waals surface area contributed by atoms with Crippen LogP contribution in [0.15, 0.2) is 32.9 Å². The monoisotopic (exact) mass is 475 g/mol. The molecule has 13 nitrogen and oxygen atoms in total. The minimum atomic E-state index is -0.579. The maximum absolute atomic E-state index is 12.8. The Morgan fingerprint density at radius 1 is 1.50 bits per heavy atom. The highest BCUT2D eigenvalue weighted by molar-refractivity contribution is 8.38. The summed E-state index contributed by atoms with van der Waals surface area (Å²) in [5.41, 5.74) is 9.29. The van der Waals surface area contributed by atoms with Gasteiger partial charge in [0.25, 0.3) is 5.91 Å². The zero-order chi connectivity index (χ0) is 22.5. The number of aromatic nitrogens is 5. The van der Waals surface area contributed by atoms with E-state index in [0.29, 0.717) is 17.0 Å². The molecule has 4 rings (SSSR count). The maximum atomic E-state index is 12.8. The van der Waals surface area contributed by atoms with E-state index in [1.54, 1.807) is 23.9 Å². The van der Waals surface area contributed by atoms with Crippen LogP contribution in [0.3, 0.4) is 0 Å². The molecule has 3 aromatic rings. The largest absolute Gasteiger partial charge is 0.504 e. The Bertz CT molecular complexity index is 1190. The minimum absolute atomic E-state index is 0.000842. The van der Waals surface area contributed by atoms with Crippen molar-refractivity contribution in [1.82, 2.24) is 30.7 Å². The van der Waals surface area contributed by atoms with Crippen LogP contribution >= 0.6 is 23.5 Å². The molecular weight excluding hydrogens is 458 g/mol. The fourth-order valence-electron chi connectivity index (χ4n) is 2.64. The van der Waals surface area contributed by atoms with Crippen LogP contribution in [0.25, 0.3) is 5.82 Å². The Kier molecular flexibility index (Phi) is 6.55. The third-order valence-electron chi connectivity index (χ3n) is 4.15.